The molecule has 1 atom stereocenters. The topological polar surface area (TPSA) is 54.0 Å². The van der Waals surface area contributed by atoms with E-state index in [4.69, 9.17) is 11.6 Å². The van der Waals surface area contributed by atoms with Gasteiger partial charge in [0.25, 0.3) is 5.91 Å². The molecule has 31 heavy (non-hydrogen) atoms. The molecule has 0 aliphatic carbocycles. The highest BCUT2D eigenvalue weighted by Gasteiger charge is 2.35. The van der Waals surface area contributed by atoms with E-state index in [1.807, 2.05) is 0 Å². The van der Waals surface area contributed by atoms with Gasteiger partial charge in [-0.3, -0.25) is 4.79 Å². The lowest BCUT2D eigenvalue weighted by Crippen LogP contribution is -2.20. The fraction of sp³-hybridized carbons (Fsp3) is 0.100. The highest BCUT2D eigenvalue weighted by molar-refractivity contribution is 9.10. The lowest BCUT2D eigenvalue weighted by molar-refractivity contribution is -0.138. The van der Waals surface area contributed by atoms with Crippen molar-refractivity contribution in [1.82, 2.24) is 10.3 Å². The summed E-state index contributed by atoms with van der Waals surface area (Å²) in [6.07, 6.45) is -4.26. The Morgan fingerprint density at radius 2 is 1.87 bits per heavy atom. The average molecular weight is 519 g/mol. The number of rotatable bonds is 3. The Bertz CT molecular complexity index is 1220. The van der Waals surface area contributed by atoms with E-state index in [2.05, 4.69) is 31.5 Å². The number of benzene rings is 2. The van der Waals surface area contributed by atoms with Crippen LogP contribution in [0.25, 0.3) is 0 Å². The molecule has 1 aliphatic heterocycles. The van der Waals surface area contributed by atoms with E-state index in [0.717, 1.165) is 12.1 Å². The zero-order valence-corrected chi connectivity index (χ0v) is 17.5. The van der Waals surface area contributed by atoms with Crippen molar-refractivity contribution in [2.24, 2.45) is 0 Å². The largest absolute Gasteiger partial charge is 0.417 e. The smallest absolute Gasteiger partial charge is 0.341 e. The minimum absolute atomic E-state index is 0.180. The van der Waals surface area contributed by atoms with Crippen LogP contribution in [0.2, 0.25) is 5.02 Å². The lowest BCUT2D eigenvalue weighted by atomic mass is 9.96. The third kappa shape index (κ3) is 4.09. The molecule has 1 aromatic heterocycles. The number of carbonyl (C=O) groups excluding carboxylic acids is 1. The minimum atomic E-state index is -4.75. The van der Waals surface area contributed by atoms with Crippen molar-refractivity contribution in [2.75, 3.05) is 5.32 Å². The van der Waals surface area contributed by atoms with E-state index in [1.165, 1.54) is 18.2 Å². The van der Waals surface area contributed by atoms with E-state index in [1.54, 1.807) is 0 Å². The number of carbonyl (C=O) groups is 1. The molecule has 0 bridgehead atoms. The van der Waals surface area contributed by atoms with Crippen LogP contribution in [0.1, 0.15) is 33.1 Å². The molecular weight excluding hydrogens is 509 g/mol. The average Bonchev–Trinajstić information content (AvgIpc) is 3.01. The van der Waals surface area contributed by atoms with Crippen molar-refractivity contribution in [3.05, 3.63) is 86.0 Å². The first kappa shape index (κ1) is 21.5. The number of anilines is 2. The zero-order valence-electron chi connectivity index (χ0n) is 15.1. The molecule has 1 unspecified atom stereocenters. The zero-order chi connectivity index (χ0) is 22.5. The fourth-order valence-corrected chi connectivity index (χ4v) is 3.97. The fourth-order valence-electron chi connectivity index (χ4n) is 3.28. The van der Waals surface area contributed by atoms with Gasteiger partial charge in [-0.25, -0.2) is 13.8 Å². The number of aromatic nitrogens is 1. The second-order valence-corrected chi connectivity index (χ2v) is 7.99. The van der Waals surface area contributed by atoms with E-state index < -0.39 is 41.1 Å². The molecule has 0 fully saturated rings. The van der Waals surface area contributed by atoms with Crippen LogP contribution >= 0.6 is 27.5 Å². The molecule has 0 saturated heterocycles. The summed E-state index contributed by atoms with van der Waals surface area (Å²) in [4.78, 5) is 16.0. The molecular formula is C20H10BrClF5N3O. The van der Waals surface area contributed by atoms with E-state index >= 15 is 0 Å². The van der Waals surface area contributed by atoms with Crippen LogP contribution in [-0.2, 0) is 6.18 Å². The van der Waals surface area contributed by atoms with Crippen molar-refractivity contribution in [3.8, 4) is 0 Å². The maximum absolute atomic E-state index is 14.3. The standard InChI is InChI=1S/C20H10BrClF5N3O/c21-9-4-12-16(17(30-19(12)31)11-6-10(23)1-2-13(11)22)15(5-9)29-18-14(24)3-8(7-28-18)20(25,26)27/h1-7,17H,(H,28,29)(H,30,31). The minimum Gasteiger partial charge on any atom is -0.341 e. The first-order valence-corrected chi connectivity index (χ1v) is 9.80. The predicted octanol–water partition coefficient (Wildman–Crippen LogP) is 6.37. The Balaban J connectivity index is 1.82. The van der Waals surface area contributed by atoms with Crippen LogP contribution in [0.15, 0.2) is 47.1 Å². The molecule has 11 heteroatoms. The van der Waals surface area contributed by atoms with Gasteiger partial charge >= 0.3 is 6.18 Å². The molecule has 3 aromatic rings. The van der Waals surface area contributed by atoms with Crippen molar-refractivity contribution in [1.29, 1.82) is 0 Å². The van der Waals surface area contributed by atoms with Gasteiger partial charge in [-0.1, -0.05) is 27.5 Å². The van der Waals surface area contributed by atoms with Gasteiger partial charge in [-0.05, 0) is 36.4 Å². The predicted molar refractivity (Wildman–Crippen MR) is 107 cm³/mol. The second-order valence-electron chi connectivity index (χ2n) is 6.66. The monoisotopic (exact) mass is 517 g/mol. The maximum Gasteiger partial charge on any atom is 0.417 e. The molecule has 4 nitrogen and oxygen atoms in total. The van der Waals surface area contributed by atoms with Crippen LogP contribution < -0.4 is 10.6 Å². The van der Waals surface area contributed by atoms with Gasteiger partial charge in [0.2, 0.25) is 0 Å². The molecule has 2 aromatic carbocycles. The van der Waals surface area contributed by atoms with Gasteiger partial charge < -0.3 is 10.6 Å². The van der Waals surface area contributed by atoms with Crippen molar-refractivity contribution in [2.45, 2.75) is 12.2 Å². The van der Waals surface area contributed by atoms with E-state index in [0.29, 0.717) is 22.3 Å². The molecule has 0 radical (unpaired) electrons. The Kier molecular flexibility index (Phi) is 5.38. The number of nitrogens with zero attached hydrogens (tertiary/aromatic N) is 1. The molecule has 2 N–H and O–H groups in total. The summed E-state index contributed by atoms with van der Waals surface area (Å²) in [5.41, 5.74) is -0.271. The number of halogens is 7. The summed E-state index contributed by atoms with van der Waals surface area (Å²) in [6, 6.07) is 6.10. The van der Waals surface area contributed by atoms with Crippen molar-refractivity contribution in [3.63, 3.8) is 0 Å². The Morgan fingerprint density at radius 1 is 1.13 bits per heavy atom. The summed E-state index contributed by atoms with van der Waals surface area (Å²) < 4.78 is 67.0. The summed E-state index contributed by atoms with van der Waals surface area (Å²) in [7, 11) is 0. The first-order valence-electron chi connectivity index (χ1n) is 8.63. The number of hydrogen-bond acceptors (Lipinski definition) is 3. The van der Waals surface area contributed by atoms with Crippen molar-refractivity contribution >= 4 is 44.9 Å². The molecule has 4 rings (SSSR count). The normalized spacial score (nSPS) is 15.6. The second kappa shape index (κ2) is 7.76. The Labute approximate surface area is 185 Å². The molecule has 160 valence electrons. The van der Waals surface area contributed by atoms with Crippen LogP contribution in [0, 0.1) is 11.6 Å². The summed E-state index contributed by atoms with van der Waals surface area (Å²) in [5.74, 6) is -2.77. The Morgan fingerprint density at radius 3 is 2.55 bits per heavy atom. The van der Waals surface area contributed by atoms with Crippen LogP contribution in [-0.4, -0.2) is 10.9 Å². The van der Waals surface area contributed by atoms with Gasteiger partial charge in [-0.15, -0.1) is 0 Å². The Hall–Kier alpha value is -2.72. The van der Waals surface area contributed by atoms with Gasteiger partial charge in [0.15, 0.2) is 11.6 Å². The van der Waals surface area contributed by atoms with E-state index in [9.17, 15) is 26.7 Å². The van der Waals surface area contributed by atoms with Crippen LogP contribution in [0.5, 0.6) is 0 Å². The number of hydrogen-bond donors (Lipinski definition) is 2. The maximum atomic E-state index is 14.3. The number of fused-ring (bicyclic) bond motifs is 1. The molecule has 0 saturated carbocycles. The number of pyridine rings is 1. The number of nitrogens with one attached hydrogen (secondary N) is 2. The molecule has 0 spiro atoms. The van der Waals surface area contributed by atoms with E-state index in [-0.39, 0.29) is 21.8 Å². The highest BCUT2D eigenvalue weighted by atomic mass is 79.9. The first-order chi connectivity index (χ1) is 14.5. The van der Waals surface area contributed by atoms with Crippen molar-refractivity contribution < 1.29 is 26.7 Å². The molecule has 1 aliphatic rings. The van der Waals surface area contributed by atoms with Crippen LogP contribution in [0.3, 0.4) is 0 Å². The summed E-state index contributed by atoms with van der Waals surface area (Å²) in [5, 5.41) is 5.51. The SMILES string of the molecule is O=C1NC(c2cc(F)ccc2Cl)c2c(Nc3ncc(C(F)(F)F)cc3F)cc(Br)cc21. The van der Waals surface area contributed by atoms with Crippen LogP contribution in [0.4, 0.5) is 33.5 Å². The van der Waals surface area contributed by atoms with Gasteiger partial charge in [0, 0.05) is 38.1 Å². The third-order valence-corrected chi connectivity index (χ3v) is 5.45. The summed E-state index contributed by atoms with van der Waals surface area (Å²) in [6.45, 7) is 0. The van der Waals surface area contributed by atoms with Gasteiger partial charge in [-0.2, -0.15) is 13.2 Å². The van der Waals surface area contributed by atoms with Gasteiger partial charge in [0.1, 0.15) is 5.82 Å². The number of amides is 1. The molecule has 1 amide bonds. The third-order valence-electron chi connectivity index (χ3n) is 4.64. The molecule has 2 heterocycles. The quantitative estimate of drug-likeness (QED) is 0.396. The van der Waals surface area contributed by atoms with Gasteiger partial charge in [0.05, 0.1) is 11.6 Å². The summed E-state index contributed by atoms with van der Waals surface area (Å²) >= 11 is 9.44. The highest BCUT2D eigenvalue weighted by Crippen LogP contribution is 2.42. The lowest BCUT2D eigenvalue weighted by Gasteiger charge is -2.19. The number of alkyl halides is 3.